The van der Waals surface area contributed by atoms with Crippen LogP contribution >= 0.6 is 46.4 Å². The van der Waals surface area contributed by atoms with Gasteiger partial charge in [0.2, 0.25) is 28.4 Å². The summed E-state index contributed by atoms with van der Waals surface area (Å²) in [4.78, 5) is 99.3. The van der Waals surface area contributed by atoms with Crippen LogP contribution in [0.4, 0.5) is 19.3 Å². The van der Waals surface area contributed by atoms with Crippen LogP contribution in [0.5, 0.6) is 0 Å². The minimum atomic E-state index is -2.80. The van der Waals surface area contributed by atoms with E-state index in [1.54, 1.807) is 140 Å². The lowest BCUT2D eigenvalue weighted by molar-refractivity contribution is -0.620. The summed E-state index contributed by atoms with van der Waals surface area (Å²) < 4.78 is 44.1. The van der Waals surface area contributed by atoms with Gasteiger partial charge in [-0.1, -0.05) is 144 Å². The Bertz CT molecular complexity index is 7750. The van der Waals surface area contributed by atoms with E-state index in [1.165, 1.54) is 115 Å². The Morgan fingerprint density at radius 1 is 0.441 bits per heavy atom. The van der Waals surface area contributed by atoms with Crippen LogP contribution in [0.25, 0.3) is 67.3 Å². The van der Waals surface area contributed by atoms with Gasteiger partial charge in [0.25, 0.3) is 5.67 Å². The fourth-order valence-electron chi connectivity index (χ4n) is 19.3. The number of hydrogen-bond acceptors (Lipinski definition) is 26. The lowest BCUT2D eigenvalue weighted by Gasteiger charge is -2.27. The highest BCUT2D eigenvalue weighted by atomic mass is 35.5. The van der Waals surface area contributed by atoms with Gasteiger partial charge in [-0.05, 0) is 245 Å². The SMILES string of the molecule is CC(=O)c1ccc(CC(=O)C2(CC3CC3)CCc3cc(-c4cc(Cl)ccc4-n4cnnn4)c[n+]([O-])c32)cc1.CC(=O)c1ccc(CC(=O)C2(F)CC(F)c3cc(-c4cc(Cl)ccc4-n4cnnn4)c[n+]([O-])c32)cc1.CC(=O)c1ccc(CC(=O)C2(O)CCc3cc(-c4cc(Cl)ccc4-n4cnnn4)c[n+]([O-])c32)cc1.COC(=O)Nc1ccc(CC(=O)C2CCc3cc(-c4cc(Cl)ccc4-n4cnnn4)c[n+]([O-])c32)cc1. The number of methoxy groups -OCH3 is 1. The highest BCUT2D eigenvalue weighted by molar-refractivity contribution is 6.32. The number of fused-ring (bicyclic) bond motifs is 4. The summed E-state index contributed by atoms with van der Waals surface area (Å²) in [6.45, 7) is 4.40. The summed E-state index contributed by atoms with van der Waals surface area (Å²) in [5.41, 5.74) is 9.18. The number of pyridine rings is 4. The number of benzene rings is 8. The smallest absolute Gasteiger partial charge is 0.411 e. The fraction of sp³-hybridized carbons (Fsp3) is 0.231. The first-order valence-electron chi connectivity index (χ1n) is 45.8. The Morgan fingerprint density at radius 2 is 0.814 bits per heavy atom. The van der Waals surface area contributed by atoms with Gasteiger partial charge in [-0.15, -0.1) is 20.4 Å². The molecule has 732 valence electrons. The number of Topliss-reactive ketones (excluding diaryl/α,β-unsaturated/α-hetero) is 7. The standard InChI is InChI=1S/C29H26ClN5O3.C25H18ClF2N5O3.C25H21ClN6O4.C25H20ClN5O4/c1-18(36)21-6-4-19(5-7-21)12-27(37)29(15-20-2-3-20)11-10-22-13-23(16-35(38)28(22)29)25-14-24(30)8-9-26(25)34-17-31-32-33-34;1-14(34)16-4-2-15(3-5-16)8-23(35)25(28)11-21(27)20-9-17(12-33(36)24(20)25)19-10-18(26)6-7-22(19)32-13-29-30-31-32;1-36-25(34)28-19-6-2-15(3-7-19)10-23(33)20-8-4-16-11-17(13-32(35)24(16)20)21-12-18(26)5-9-22(21)31-14-27-29-30-31;1-15(32)17-4-2-16(3-5-17)10-23(33)25(34)9-8-18-11-19(13-31(35)24(18)25)21-12-20(26)6-7-22(21)30-14-27-28-29-30/h4-9,13-14,16-17,20H,2-3,10-12,15H2,1H3;2-7,9-10,12-13,21H,8,11H2,1H3;2-3,5-7,9,11-14,20H,4,8,10H2,1H3,(H,28,34);2-7,11-14,34H,8-10H2,1H3. The number of halogens is 6. The summed E-state index contributed by atoms with van der Waals surface area (Å²) >= 11 is 25.0. The fourth-order valence-corrected chi connectivity index (χ4v) is 20.0. The quantitative estimate of drug-likeness (QED) is 0.0289. The number of rotatable bonds is 26. The molecule has 5 atom stereocenters. The number of hydrogen-bond donors (Lipinski definition) is 2. The van der Waals surface area contributed by atoms with E-state index < -0.39 is 58.5 Å². The molecule has 5 aliphatic carbocycles. The molecule has 16 aromatic rings. The van der Waals surface area contributed by atoms with Crippen LogP contribution in [0, 0.1) is 26.7 Å². The van der Waals surface area contributed by atoms with Gasteiger partial charge in [0.15, 0.2) is 65.3 Å². The number of nitrogens with one attached hydrogen (secondary N) is 1. The molecular formula is C104H85Cl4F2N21O14. The van der Waals surface area contributed by atoms with Crippen LogP contribution in [-0.2, 0) is 85.5 Å². The highest BCUT2D eigenvalue weighted by Crippen LogP contribution is 2.52. The number of alkyl halides is 2. The number of aromatic nitrogens is 20. The number of tetrazole rings is 4. The van der Waals surface area contributed by atoms with Crippen LogP contribution in [0.1, 0.15) is 176 Å². The van der Waals surface area contributed by atoms with Gasteiger partial charge in [0, 0.05) is 136 Å². The summed E-state index contributed by atoms with van der Waals surface area (Å²) in [6, 6.07) is 54.6. The first-order valence-corrected chi connectivity index (χ1v) is 47.3. The molecule has 0 spiro atoms. The molecule has 2 N–H and O–H groups in total. The lowest BCUT2D eigenvalue weighted by Crippen LogP contribution is -2.46. The first-order chi connectivity index (χ1) is 69.7. The minimum Gasteiger partial charge on any atom is -0.618 e. The minimum absolute atomic E-state index is 0.0102. The maximum atomic E-state index is 16.1. The van der Waals surface area contributed by atoms with Crippen LogP contribution in [0.2, 0.25) is 20.1 Å². The van der Waals surface area contributed by atoms with E-state index in [9.17, 15) is 64.3 Å². The summed E-state index contributed by atoms with van der Waals surface area (Å²) in [5.74, 6) is -1.63. The molecule has 1 saturated carbocycles. The molecule has 5 unspecified atom stereocenters. The molecule has 21 rings (SSSR count). The van der Waals surface area contributed by atoms with Gasteiger partial charge in [0.05, 0.1) is 35.4 Å². The van der Waals surface area contributed by atoms with E-state index in [-0.39, 0.29) is 82.6 Å². The normalized spacial score (nSPS) is 17.1. The molecular weight excluding hydrogens is 1950 g/mol. The second-order valence-corrected chi connectivity index (χ2v) is 37.8. The van der Waals surface area contributed by atoms with Crippen LogP contribution in [0.15, 0.2) is 244 Å². The zero-order valence-corrected chi connectivity index (χ0v) is 80.7. The average Bonchev–Trinajstić information content (AvgIpc) is 1.59. The van der Waals surface area contributed by atoms with E-state index in [4.69, 9.17) is 46.4 Å². The van der Waals surface area contributed by atoms with Gasteiger partial charge < -0.3 is 30.7 Å². The van der Waals surface area contributed by atoms with Crippen molar-refractivity contribution in [3.8, 4) is 67.3 Å². The van der Waals surface area contributed by atoms with E-state index in [0.29, 0.717) is 176 Å². The number of aliphatic hydroxyl groups is 1. The molecule has 41 heteroatoms. The molecule has 8 heterocycles. The van der Waals surface area contributed by atoms with Crippen molar-refractivity contribution in [3.05, 3.63) is 369 Å². The third-order valence-corrected chi connectivity index (χ3v) is 27.6. The van der Waals surface area contributed by atoms with Gasteiger partial charge >= 0.3 is 6.09 Å². The second-order valence-electron chi connectivity index (χ2n) is 36.0. The van der Waals surface area contributed by atoms with Crippen molar-refractivity contribution in [2.45, 2.75) is 139 Å². The van der Waals surface area contributed by atoms with Gasteiger partial charge in [-0.25, -0.2) is 13.6 Å². The third-order valence-electron chi connectivity index (χ3n) is 26.6. The summed E-state index contributed by atoms with van der Waals surface area (Å²) in [5, 5.41) is 114. The maximum absolute atomic E-state index is 16.1. The van der Waals surface area contributed by atoms with Crippen molar-refractivity contribution in [1.29, 1.82) is 0 Å². The summed E-state index contributed by atoms with van der Waals surface area (Å²) in [6.07, 6.45) is 13.7. The Balaban J connectivity index is 0.000000127. The predicted molar refractivity (Wildman–Crippen MR) is 523 cm³/mol. The molecule has 8 aromatic heterocycles. The molecule has 1 fully saturated rings. The molecule has 145 heavy (non-hydrogen) atoms. The lowest BCUT2D eigenvalue weighted by atomic mass is 9.74. The number of anilines is 1. The molecule has 0 bridgehead atoms. The van der Waals surface area contributed by atoms with Crippen molar-refractivity contribution in [3.63, 3.8) is 0 Å². The summed E-state index contributed by atoms with van der Waals surface area (Å²) in [7, 11) is 1.29. The van der Waals surface area contributed by atoms with Gasteiger partial charge in [-0.3, -0.25) is 38.9 Å². The van der Waals surface area contributed by atoms with Crippen molar-refractivity contribution < 1.29 is 75.9 Å². The molecule has 1 amide bonds. The van der Waals surface area contributed by atoms with Crippen molar-refractivity contribution in [2.24, 2.45) is 5.92 Å². The molecule has 0 radical (unpaired) electrons. The molecule has 0 aliphatic heterocycles. The topological polar surface area (TPSA) is 460 Å². The number of aryl methyl sites for hydroxylation is 3. The van der Waals surface area contributed by atoms with Crippen molar-refractivity contribution in [2.75, 3.05) is 12.4 Å². The highest BCUT2D eigenvalue weighted by Gasteiger charge is 2.58. The van der Waals surface area contributed by atoms with Crippen LogP contribution < -0.4 is 24.2 Å². The Morgan fingerprint density at radius 3 is 1.23 bits per heavy atom. The van der Waals surface area contributed by atoms with Gasteiger partial charge in [-0.2, -0.15) is 37.6 Å². The molecule has 0 saturated heterocycles. The van der Waals surface area contributed by atoms with Crippen LogP contribution in [0.3, 0.4) is 0 Å². The number of carbonyl (C=O) groups is 8. The molecule has 8 aromatic carbocycles. The van der Waals surface area contributed by atoms with Crippen molar-refractivity contribution >= 4 is 98.7 Å². The van der Waals surface area contributed by atoms with E-state index >= 15 is 8.78 Å². The molecule has 5 aliphatic rings. The predicted octanol–water partition coefficient (Wildman–Crippen LogP) is 15.2. The Labute approximate surface area is 844 Å². The number of ether oxygens (including phenoxy) is 1. The first kappa shape index (κ1) is 98.9. The largest absolute Gasteiger partial charge is 0.618 e. The Hall–Kier alpha value is -16.2. The van der Waals surface area contributed by atoms with E-state index in [2.05, 4.69) is 72.2 Å². The monoisotopic (exact) mass is 2030 g/mol. The second kappa shape index (κ2) is 41.4. The van der Waals surface area contributed by atoms with Gasteiger partial charge in [0.1, 0.15) is 42.8 Å². The molecule has 35 nitrogen and oxygen atoms in total. The maximum Gasteiger partial charge on any atom is 0.411 e. The Kier molecular flexibility index (Phi) is 28.2. The number of amides is 1. The average molecular weight is 2030 g/mol. The number of carbonyl (C=O) groups excluding carboxylic acids is 8. The third kappa shape index (κ3) is 20.8. The van der Waals surface area contributed by atoms with E-state index in [1.807, 2.05) is 30.3 Å². The van der Waals surface area contributed by atoms with Crippen LogP contribution in [-0.4, -0.2) is 140 Å². The number of nitrogens with zero attached hydrogens (tertiary/aromatic N) is 20. The zero-order chi connectivity index (χ0) is 102. The van der Waals surface area contributed by atoms with E-state index in [0.717, 1.165) is 56.3 Å². The number of ketones is 7. The van der Waals surface area contributed by atoms with Crippen molar-refractivity contribution in [1.82, 2.24) is 80.8 Å². The zero-order valence-electron chi connectivity index (χ0n) is 77.7.